The van der Waals surface area contributed by atoms with Crippen molar-refractivity contribution in [2.45, 2.75) is 12.7 Å². The summed E-state index contributed by atoms with van der Waals surface area (Å²) >= 11 is 12.0. The fourth-order valence-electron chi connectivity index (χ4n) is 2.76. The van der Waals surface area contributed by atoms with Gasteiger partial charge >= 0.3 is 6.18 Å². The summed E-state index contributed by atoms with van der Waals surface area (Å²) < 4.78 is 40.2. The maximum Gasteiger partial charge on any atom is 0.416 e. The highest BCUT2D eigenvalue weighted by Gasteiger charge is 2.30. The molecule has 0 unspecified atom stereocenters. The summed E-state index contributed by atoms with van der Waals surface area (Å²) in [7, 11) is 0. The number of benzene rings is 2. The first-order valence-electron chi connectivity index (χ1n) is 7.96. The molecule has 0 aliphatic rings. The van der Waals surface area contributed by atoms with Crippen LogP contribution in [0.1, 0.15) is 16.7 Å². The second-order valence-electron chi connectivity index (χ2n) is 5.96. The van der Waals surface area contributed by atoms with E-state index in [1.807, 2.05) is 0 Å². The van der Waals surface area contributed by atoms with Crippen molar-refractivity contribution in [2.24, 2.45) is 0 Å². The quantitative estimate of drug-likeness (QED) is 0.538. The lowest BCUT2D eigenvalue weighted by Gasteiger charge is -2.15. The molecule has 28 heavy (non-hydrogen) atoms. The topological polar surface area (TPSA) is 45.8 Å². The number of hydrogen-bond acceptors (Lipinski definition) is 2. The molecule has 3 rings (SSSR count). The summed E-state index contributed by atoms with van der Waals surface area (Å²) in [5.74, 6) is 0. The van der Waals surface area contributed by atoms with Crippen LogP contribution in [0.25, 0.3) is 11.3 Å². The van der Waals surface area contributed by atoms with E-state index < -0.39 is 17.3 Å². The van der Waals surface area contributed by atoms with Gasteiger partial charge in [0.05, 0.1) is 27.8 Å². The molecule has 3 nitrogen and oxygen atoms in total. The van der Waals surface area contributed by atoms with Crippen LogP contribution in [0.15, 0.2) is 59.4 Å². The first-order valence-corrected chi connectivity index (χ1v) is 8.72. The van der Waals surface area contributed by atoms with Crippen molar-refractivity contribution >= 4 is 23.2 Å². The first kappa shape index (κ1) is 20.0. The van der Waals surface area contributed by atoms with Gasteiger partial charge in [-0.25, -0.2) is 0 Å². The van der Waals surface area contributed by atoms with Crippen LogP contribution in [-0.2, 0) is 12.7 Å². The zero-order chi connectivity index (χ0) is 20.5. The molecule has 0 bridgehead atoms. The number of nitriles is 1. The summed E-state index contributed by atoms with van der Waals surface area (Å²) in [5, 5.41) is 9.74. The standard InChI is InChI=1S/C20H11Cl2F3N2O/c21-16-6-4-13(9-17(16)22)18-7-5-14(10-26)19(28)27(18)11-12-2-1-3-15(8-12)20(23,24)25/h1-9H,11H2. The number of nitrogens with zero attached hydrogens (tertiary/aromatic N) is 2. The molecule has 8 heteroatoms. The number of halogens is 5. The first-order chi connectivity index (χ1) is 13.2. The average molecular weight is 423 g/mol. The molecule has 2 aromatic carbocycles. The molecule has 0 saturated heterocycles. The number of hydrogen-bond donors (Lipinski definition) is 0. The van der Waals surface area contributed by atoms with Crippen molar-refractivity contribution in [3.8, 4) is 17.3 Å². The fraction of sp³-hybridized carbons (Fsp3) is 0.100. The predicted molar refractivity (Wildman–Crippen MR) is 101 cm³/mol. The summed E-state index contributed by atoms with van der Waals surface area (Å²) in [6.07, 6.45) is -4.50. The highest BCUT2D eigenvalue weighted by atomic mass is 35.5. The second kappa shape index (κ2) is 7.70. The van der Waals surface area contributed by atoms with Crippen LogP contribution in [0.5, 0.6) is 0 Å². The van der Waals surface area contributed by atoms with E-state index in [1.54, 1.807) is 30.3 Å². The monoisotopic (exact) mass is 422 g/mol. The lowest BCUT2D eigenvalue weighted by molar-refractivity contribution is -0.137. The molecular weight excluding hydrogens is 412 g/mol. The van der Waals surface area contributed by atoms with Gasteiger partial charge in [-0.1, -0.05) is 41.4 Å². The van der Waals surface area contributed by atoms with Gasteiger partial charge in [0.15, 0.2) is 0 Å². The molecule has 0 saturated carbocycles. The number of aromatic nitrogens is 1. The van der Waals surface area contributed by atoms with Crippen LogP contribution in [0.4, 0.5) is 13.2 Å². The van der Waals surface area contributed by atoms with E-state index in [2.05, 4.69) is 0 Å². The smallest absolute Gasteiger partial charge is 0.303 e. The van der Waals surface area contributed by atoms with Gasteiger partial charge < -0.3 is 4.57 Å². The van der Waals surface area contributed by atoms with Crippen molar-refractivity contribution in [3.05, 3.63) is 91.7 Å². The summed E-state index contributed by atoms with van der Waals surface area (Å²) in [6.45, 7) is -0.145. The predicted octanol–water partition coefficient (Wildman–Crippen LogP) is 5.76. The molecule has 1 aromatic heterocycles. The molecular formula is C20H11Cl2F3N2O. The van der Waals surface area contributed by atoms with Gasteiger partial charge in [0.1, 0.15) is 11.6 Å². The molecule has 0 aliphatic carbocycles. The zero-order valence-electron chi connectivity index (χ0n) is 14.1. The van der Waals surface area contributed by atoms with Gasteiger partial charge in [0, 0.05) is 0 Å². The van der Waals surface area contributed by atoms with Gasteiger partial charge in [-0.3, -0.25) is 4.79 Å². The van der Waals surface area contributed by atoms with E-state index in [-0.39, 0.29) is 22.7 Å². The Morgan fingerprint density at radius 1 is 1.00 bits per heavy atom. The lowest BCUT2D eigenvalue weighted by atomic mass is 10.1. The third-order valence-electron chi connectivity index (χ3n) is 4.11. The van der Waals surface area contributed by atoms with Crippen molar-refractivity contribution in [1.82, 2.24) is 4.57 Å². The Kier molecular flexibility index (Phi) is 5.50. The molecule has 0 N–H and O–H groups in total. The maximum absolute atomic E-state index is 13.0. The molecule has 0 radical (unpaired) electrons. The van der Waals surface area contributed by atoms with Crippen molar-refractivity contribution in [1.29, 1.82) is 5.26 Å². The minimum atomic E-state index is -4.50. The van der Waals surface area contributed by atoms with Crippen molar-refractivity contribution < 1.29 is 13.2 Å². The van der Waals surface area contributed by atoms with E-state index >= 15 is 0 Å². The Labute approximate surface area is 168 Å². The Balaban J connectivity index is 2.15. The Bertz CT molecular complexity index is 1150. The largest absolute Gasteiger partial charge is 0.416 e. The number of alkyl halides is 3. The highest BCUT2D eigenvalue weighted by molar-refractivity contribution is 6.42. The minimum Gasteiger partial charge on any atom is -0.303 e. The van der Waals surface area contributed by atoms with Gasteiger partial charge in [-0.2, -0.15) is 18.4 Å². The van der Waals surface area contributed by atoms with Gasteiger partial charge in [-0.15, -0.1) is 0 Å². The Morgan fingerprint density at radius 3 is 2.39 bits per heavy atom. The van der Waals surface area contributed by atoms with E-state index in [9.17, 15) is 18.0 Å². The fourth-order valence-corrected chi connectivity index (χ4v) is 3.05. The summed E-state index contributed by atoms with van der Waals surface area (Å²) in [6, 6.07) is 14.1. The SMILES string of the molecule is N#Cc1ccc(-c2ccc(Cl)c(Cl)c2)n(Cc2cccc(C(F)(F)F)c2)c1=O. The van der Waals surface area contributed by atoms with Crippen molar-refractivity contribution in [3.63, 3.8) is 0 Å². The zero-order valence-corrected chi connectivity index (χ0v) is 15.6. The number of rotatable bonds is 3. The second-order valence-corrected chi connectivity index (χ2v) is 6.78. The van der Waals surface area contributed by atoms with Gasteiger partial charge in [0.25, 0.3) is 5.56 Å². The normalized spacial score (nSPS) is 11.3. The molecule has 1 heterocycles. The molecule has 3 aromatic rings. The van der Waals surface area contributed by atoms with Crippen LogP contribution in [0, 0.1) is 11.3 Å². The van der Waals surface area contributed by atoms with Gasteiger partial charge in [0.2, 0.25) is 0 Å². The minimum absolute atomic E-state index is 0.115. The van der Waals surface area contributed by atoms with Crippen molar-refractivity contribution in [2.75, 3.05) is 0 Å². The molecule has 0 fully saturated rings. The van der Waals surface area contributed by atoms with Crippen LogP contribution < -0.4 is 5.56 Å². The molecule has 0 spiro atoms. The van der Waals surface area contributed by atoms with E-state index in [0.717, 1.165) is 12.1 Å². The Morgan fingerprint density at radius 2 is 1.75 bits per heavy atom. The van der Waals surface area contributed by atoms with Gasteiger partial charge in [-0.05, 0) is 47.5 Å². The van der Waals surface area contributed by atoms with Crippen LogP contribution in [0.3, 0.4) is 0 Å². The Hall–Kier alpha value is -2.75. The molecule has 0 aliphatic heterocycles. The third-order valence-corrected chi connectivity index (χ3v) is 4.84. The molecule has 142 valence electrons. The molecule has 0 amide bonds. The summed E-state index contributed by atoms with van der Waals surface area (Å²) in [4.78, 5) is 12.7. The van der Waals surface area contributed by atoms with E-state index in [4.69, 9.17) is 28.5 Å². The van der Waals surface area contributed by atoms with Crippen LogP contribution in [0.2, 0.25) is 10.0 Å². The van der Waals surface area contributed by atoms with E-state index in [1.165, 1.54) is 22.8 Å². The highest BCUT2D eigenvalue weighted by Crippen LogP contribution is 2.31. The average Bonchev–Trinajstić information content (AvgIpc) is 2.65. The third kappa shape index (κ3) is 4.06. The summed E-state index contributed by atoms with van der Waals surface area (Å²) in [5.41, 5.74) is -0.318. The van der Waals surface area contributed by atoms with E-state index in [0.29, 0.717) is 16.3 Å². The number of pyridine rings is 1. The van der Waals surface area contributed by atoms with Crippen LogP contribution >= 0.6 is 23.2 Å². The maximum atomic E-state index is 13.0. The van der Waals surface area contributed by atoms with Crippen LogP contribution in [-0.4, -0.2) is 4.57 Å². The molecule has 0 atom stereocenters. The lowest BCUT2D eigenvalue weighted by Crippen LogP contribution is -2.24.